The van der Waals surface area contributed by atoms with Crippen molar-refractivity contribution in [1.82, 2.24) is 10.2 Å². The number of carbonyl (C=O) groups excluding carboxylic acids is 1. The van der Waals surface area contributed by atoms with E-state index in [1.54, 1.807) is 0 Å². The van der Waals surface area contributed by atoms with Gasteiger partial charge in [-0.3, -0.25) is 9.69 Å². The molecule has 1 amide bonds. The third-order valence-corrected chi connectivity index (χ3v) is 3.96. The minimum Gasteiger partial charge on any atom is -0.325 e. The molecule has 2 rings (SSSR count). The number of carbonyl (C=O) groups is 1. The first-order valence-electron chi connectivity index (χ1n) is 8.09. The van der Waals surface area contributed by atoms with Gasteiger partial charge in [-0.05, 0) is 44.5 Å². The first-order chi connectivity index (χ1) is 10.3. The van der Waals surface area contributed by atoms with Gasteiger partial charge in [0.05, 0.1) is 6.54 Å². The second-order valence-electron chi connectivity index (χ2n) is 5.74. The van der Waals surface area contributed by atoms with Crippen LogP contribution >= 0.6 is 0 Å². The molecule has 1 aromatic carbocycles. The standard InChI is InChI=1S/C17H27N3O/c1-2-11-18-13-16-10-6-7-12-20(16)14-17(21)19-15-8-4-3-5-9-15/h3-5,8-9,16,18H,2,6-7,10-14H2,1H3,(H,19,21). The zero-order valence-electron chi connectivity index (χ0n) is 13.0. The average molecular weight is 289 g/mol. The summed E-state index contributed by atoms with van der Waals surface area (Å²) in [7, 11) is 0. The fraction of sp³-hybridized carbons (Fsp3) is 0.588. The Morgan fingerprint density at radius 1 is 1.29 bits per heavy atom. The van der Waals surface area contributed by atoms with Gasteiger partial charge in [-0.15, -0.1) is 0 Å². The Morgan fingerprint density at radius 2 is 2.10 bits per heavy atom. The van der Waals surface area contributed by atoms with E-state index in [4.69, 9.17) is 0 Å². The van der Waals surface area contributed by atoms with Crippen LogP contribution in [0.3, 0.4) is 0 Å². The van der Waals surface area contributed by atoms with Gasteiger partial charge >= 0.3 is 0 Å². The molecule has 1 atom stereocenters. The van der Waals surface area contributed by atoms with Crippen molar-refractivity contribution in [2.45, 2.75) is 38.6 Å². The fourth-order valence-electron chi connectivity index (χ4n) is 2.85. The van der Waals surface area contributed by atoms with Gasteiger partial charge in [0.25, 0.3) is 0 Å². The number of nitrogens with zero attached hydrogens (tertiary/aromatic N) is 1. The molecule has 0 spiro atoms. The Balaban J connectivity index is 1.82. The highest BCUT2D eigenvalue weighted by Crippen LogP contribution is 2.16. The molecular formula is C17H27N3O. The van der Waals surface area contributed by atoms with E-state index < -0.39 is 0 Å². The van der Waals surface area contributed by atoms with Crippen LogP contribution in [0.5, 0.6) is 0 Å². The van der Waals surface area contributed by atoms with Crippen LogP contribution in [0.1, 0.15) is 32.6 Å². The van der Waals surface area contributed by atoms with Crippen LogP contribution in [-0.4, -0.2) is 43.0 Å². The van der Waals surface area contributed by atoms with Gasteiger partial charge in [-0.1, -0.05) is 31.5 Å². The van der Waals surface area contributed by atoms with Crippen molar-refractivity contribution >= 4 is 11.6 Å². The summed E-state index contributed by atoms with van der Waals surface area (Å²) in [5.74, 6) is 0.0867. The maximum absolute atomic E-state index is 12.2. The molecule has 1 aliphatic heterocycles. The lowest BCUT2D eigenvalue weighted by Gasteiger charge is -2.35. The Bertz CT molecular complexity index is 421. The number of rotatable bonds is 7. The molecule has 1 unspecified atom stereocenters. The lowest BCUT2D eigenvalue weighted by Crippen LogP contribution is -2.48. The molecule has 0 aliphatic carbocycles. The summed E-state index contributed by atoms with van der Waals surface area (Å²) < 4.78 is 0. The lowest BCUT2D eigenvalue weighted by atomic mass is 10.0. The topological polar surface area (TPSA) is 44.4 Å². The van der Waals surface area contributed by atoms with E-state index in [-0.39, 0.29) is 5.91 Å². The van der Waals surface area contributed by atoms with Crippen molar-refractivity contribution in [2.75, 3.05) is 31.5 Å². The van der Waals surface area contributed by atoms with Crippen molar-refractivity contribution < 1.29 is 4.79 Å². The van der Waals surface area contributed by atoms with Crippen molar-refractivity contribution in [2.24, 2.45) is 0 Å². The summed E-state index contributed by atoms with van der Waals surface area (Å²) in [6.07, 6.45) is 4.81. The van der Waals surface area contributed by atoms with Crippen molar-refractivity contribution in [3.05, 3.63) is 30.3 Å². The van der Waals surface area contributed by atoms with Gasteiger partial charge in [0.1, 0.15) is 0 Å². The molecule has 0 radical (unpaired) electrons. The number of hydrogen-bond acceptors (Lipinski definition) is 3. The molecule has 1 aliphatic rings. The van der Waals surface area contributed by atoms with E-state index in [0.29, 0.717) is 12.6 Å². The molecule has 21 heavy (non-hydrogen) atoms. The van der Waals surface area contributed by atoms with Crippen LogP contribution in [0, 0.1) is 0 Å². The SMILES string of the molecule is CCCNCC1CCCCN1CC(=O)Nc1ccccc1. The summed E-state index contributed by atoms with van der Waals surface area (Å²) in [5.41, 5.74) is 0.875. The summed E-state index contributed by atoms with van der Waals surface area (Å²) in [6.45, 7) is 5.75. The summed E-state index contributed by atoms with van der Waals surface area (Å²) >= 11 is 0. The predicted molar refractivity (Wildman–Crippen MR) is 87.4 cm³/mol. The molecule has 0 bridgehead atoms. The third-order valence-electron chi connectivity index (χ3n) is 3.96. The Kier molecular flexibility index (Phi) is 6.70. The molecule has 1 heterocycles. The number of hydrogen-bond donors (Lipinski definition) is 2. The van der Waals surface area contributed by atoms with E-state index in [1.165, 1.54) is 19.3 Å². The van der Waals surface area contributed by atoms with Gasteiger partial charge in [-0.2, -0.15) is 0 Å². The summed E-state index contributed by atoms with van der Waals surface area (Å²) in [5, 5.41) is 6.46. The van der Waals surface area contributed by atoms with E-state index in [1.807, 2.05) is 30.3 Å². The van der Waals surface area contributed by atoms with Crippen LogP contribution < -0.4 is 10.6 Å². The molecule has 1 aromatic rings. The Hall–Kier alpha value is -1.39. The Labute approximate surface area is 127 Å². The maximum atomic E-state index is 12.2. The number of nitrogens with one attached hydrogen (secondary N) is 2. The largest absolute Gasteiger partial charge is 0.325 e. The highest BCUT2D eigenvalue weighted by atomic mass is 16.2. The van der Waals surface area contributed by atoms with Crippen LogP contribution in [0.25, 0.3) is 0 Å². The first kappa shape index (κ1) is 16.0. The molecule has 1 saturated heterocycles. The molecule has 1 fully saturated rings. The fourth-order valence-corrected chi connectivity index (χ4v) is 2.85. The molecule has 4 nitrogen and oxygen atoms in total. The van der Waals surface area contributed by atoms with Gasteiger partial charge in [0.2, 0.25) is 5.91 Å². The maximum Gasteiger partial charge on any atom is 0.238 e. The second kappa shape index (κ2) is 8.80. The molecule has 116 valence electrons. The molecular weight excluding hydrogens is 262 g/mol. The molecule has 4 heteroatoms. The normalized spacial score (nSPS) is 19.4. The van der Waals surface area contributed by atoms with Gasteiger partial charge < -0.3 is 10.6 Å². The lowest BCUT2D eigenvalue weighted by molar-refractivity contribution is -0.118. The van der Waals surface area contributed by atoms with Crippen LogP contribution in [0.4, 0.5) is 5.69 Å². The number of amides is 1. The zero-order valence-corrected chi connectivity index (χ0v) is 13.0. The van der Waals surface area contributed by atoms with Crippen LogP contribution in [0.15, 0.2) is 30.3 Å². The number of anilines is 1. The van der Waals surface area contributed by atoms with E-state index >= 15 is 0 Å². The van der Waals surface area contributed by atoms with E-state index in [2.05, 4.69) is 22.5 Å². The van der Waals surface area contributed by atoms with Crippen LogP contribution in [0.2, 0.25) is 0 Å². The van der Waals surface area contributed by atoms with Gasteiger partial charge in [0.15, 0.2) is 0 Å². The average Bonchev–Trinajstić information content (AvgIpc) is 2.50. The summed E-state index contributed by atoms with van der Waals surface area (Å²) in [4.78, 5) is 14.5. The number of piperidine rings is 1. The third kappa shape index (κ3) is 5.48. The smallest absolute Gasteiger partial charge is 0.238 e. The van der Waals surface area contributed by atoms with Crippen molar-refractivity contribution in [3.8, 4) is 0 Å². The zero-order chi connectivity index (χ0) is 14.9. The number of benzene rings is 1. The minimum absolute atomic E-state index is 0.0867. The first-order valence-corrected chi connectivity index (χ1v) is 8.09. The number of likely N-dealkylation sites (tertiary alicyclic amines) is 1. The van der Waals surface area contributed by atoms with Gasteiger partial charge in [0, 0.05) is 18.3 Å². The van der Waals surface area contributed by atoms with Crippen molar-refractivity contribution in [1.29, 1.82) is 0 Å². The molecule has 2 N–H and O–H groups in total. The van der Waals surface area contributed by atoms with Crippen LogP contribution in [-0.2, 0) is 4.79 Å². The second-order valence-corrected chi connectivity index (χ2v) is 5.74. The quantitative estimate of drug-likeness (QED) is 0.758. The van der Waals surface area contributed by atoms with E-state index in [9.17, 15) is 4.79 Å². The summed E-state index contributed by atoms with van der Waals surface area (Å²) in [6, 6.07) is 10.2. The highest BCUT2D eigenvalue weighted by Gasteiger charge is 2.23. The minimum atomic E-state index is 0.0867. The Morgan fingerprint density at radius 3 is 2.86 bits per heavy atom. The predicted octanol–water partition coefficient (Wildman–Crippen LogP) is 2.48. The number of para-hydroxylation sites is 1. The van der Waals surface area contributed by atoms with Gasteiger partial charge in [-0.25, -0.2) is 0 Å². The van der Waals surface area contributed by atoms with E-state index in [0.717, 1.165) is 31.7 Å². The molecule has 0 saturated carbocycles. The molecule has 0 aromatic heterocycles. The van der Waals surface area contributed by atoms with Crippen molar-refractivity contribution in [3.63, 3.8) is 0 Å². The highest BCUT2D eigenvalue weighted by molar-refractivity contribution is 5.92. The monoisotopic (exact) mass is 289 g/mol.